The van der Waals surface area contributed by atoms with Gasteiger partial charge >= 0.3 is 5.97 Å². The topological polar surface area (TPSA) is 87.0 Å². The van der Waals surface area contributed by atoms with Gasteiger partial charge < -0.3 is 14.0 Å². The normalized spacial score (nSPS) is 12.3. The number of halogens is 1. The van der Waals surface area contributed by atoms with Gasteiger partial charge in [-0.2, -0.15) is 8.42 Å². The van der Waals surface area contributed by atoms with Crippen LogP contribution in [0.5, 0.6) is 5.75 Å². The summed E-state index contributed by atoms with van der Waals surface area (Å²) >= 11 is 1.10. The lowest BCUT2D eigenvalue weighted by Crippen LogP contribution is -2.23. The van der Waals surface area contributed by atoms with E-state index in [-0.39, 0.29) is 22.8 Å². The number of ether oxygens (including phenoxy) is 2. The van der Waals surface area contributed by atoms with Crippen molar-refractivity contribution in [3.8, 4) is 5.75 Å². The van der Waals surface area contributed by atoms with Crippen LogP contribution in [0, 0.1) is 5.82 Å². The van der Waals surface area contributed by atoms with Crippen LogP contribution in [0.25, 0.3) is 10.2 Å². The molecule has 1 heterocycles. The molecule has 3 aromatic rings. The highest BCUT2D eigenvalue weighted by Gasteiger charge is 2.17. The SMILES string of the molecule is CCOC(=O)Cn1/c(=N/S(=O)(=O)c2ccc(F)cc2)sc2cc(OCC)ccc21. The number of thiazole rings is 1. The van der Waals surface area contributed by atoms with Gasteiger partial charge in [-0.1, -0.05) is 11.3 Å². The molecule has 0 amide bonds. The number of aromatic nitrogens is 1. The number of hydrogen-bond donors (Lipinski definition) is 0. The van der Waals surface area contributed by atoms with Crippen molar-refractivity contribution in [1.29, 1.82) is 0 Å². The molecule has 0 saturated heterocycles. The molecule has 1 aromatic heterocycles. The molecule has 0 spiro atoms. The summed E-state index contributed by atoms with van der Waals surface area (Å²) in [6.07, 6.45) is 0. The number of carbonyl (C=O) groups excluding carboxylic acids is 1. The van der Waals surface area contributed by atoms with E-state index >= 15 is 0 Å². The minimum atomic E-state index is -4.10. The smallest absolute Gasteiger partial charge is 0.326 e. The molecule has 0 aliphatic rings. The van der Waals surface area contributed by atoms with Crippen LogP contribution in [-0.2, 0) is 26.1 Å². The third-order valence-corrected chi connectivity index (χ3v) is 6.31. The van der Waals surface area contributed by atoms with Crippen LogP contribution in [-0.4, -0.2) is 32.2 Å². The summed E-state index contributed by atoms with van der Waals surface area (Å²) in [6, 6.07) is 9.62. The van der Waals surface area contributed by atoms with E-state index in [4.69, 9.17) is 9.47 Å². The molecule has 0 fully saturated rings. The van der Waals surface area contributed by atoms with E-state index in [1.807, 2.05) is 6.92 Å². The van der Waals surface area contributed by atoms with Gasteiger partial charge in [0.25, 0.3) is 10.0 Å². The molecular formula is C19H19FN2O5S2. The molecule has 29 heavy (non-hydrogen) atoms. The van der Waals surface area contributed by atoms with Crippen molar-refractivity contribution in [2.45, 2.75) is 25.3 Å². The molecule has 0 unspecified atom stereocenters. The highest BCUT2D eigenvalue weighted by molar-refractivity contribution is 7.90. The zero-order valence-corrected chi connectivity index (χ0v) is 17.4. The number of carbonyl (C=O) groups is 1. The molecule has 0 N–H and O–H groups in total. The molecule has 154 valence electrons. The number of hydrogen-bond acceptors (Lipinski definition) is 6. The number of esters is 1. The van der Waals surface area contributed by atoms with Gasteiger partial charge in [0.05, 0.1) is 28.3 Å². The van der Waals surface area contributed by atoms with E-state index in [1.54, 1.807) is 25.1 Å². The van der Waals surface area contributed by atoms with Gasteiger partial charge in [0.1, 0.15) is 18.1 Å². The Morgan fingerprint density at radius 1 is 1.14 bits per heavy atom. The first-order chi connectivity index (χ1) is 13.8. The second-order valence-electron chi connectivity index (χ2n) is 5.86. The molecule has 10 heteroatoms. The highest BCUT2D eigenvalue weighted by Crippen LogP contribution is 2.24. The molecule has 7 nitrogen and oxygen atoms in total. The van der Waals surface area contributed by atoms with E-state index in [2.05, 4.69) is 4.40 Å². The molecule has 0 bridgehead atoms. The van der Waals surface area contributed by atoms with Crippen LogP contribution < -0.4 is 9.54 Å². The Hall–Kier alpha value is -2.72. The van der Waals surface area contributed by atoms with Crippen molar-refractivity contribution >= 4 is 37.5 Å². The zero-order chi connectivity index (χ0) is 21.0. The summed E-state index contributed by atoms with van der Waals surface area (Å²) in [7, 11) is -4.10. The van der Waals surface area contributed by atoms with Crippen LogP contribution in [0.3, 0.4) is 0 Å². The number of fused-ring (bicyclic) bond motifs is 1. The minimum Gasteiger partial charge on any atom is -0.494 e. The van der Waals surface area contributed by atoms with E-state index in [0.29, 0.717) is 22.6 Å². The fourth-order valence-electron chi connectivity index (χ4n) is 2.63. The first-order valence-electron chi connectivity index (χ1n) is 8.82. The average molecular weight is 439 g/mol. The molecule has 0 aliphatic heterocycles. The number of sulfonamides is 1. The predicted octanol–water partition coefficient (Wildman–Crippen LogP) is 3.09. The van der Waals surface area contributed by atoms with Crippen molar-refractivity contribution in [1.82, 2.24) is 4.57 Å². The fraction of sp³-hybridized carbons (Fsp3) is 0.263. The largest absolute Gasteiger partial charge is 0.494 e. The van der Waals surface area contributed by atoms with E-state index < -0.39 is 21.8 Å². The fourth-order valence-corrected chi connectivity index (χ4v) is 4.89. The molecule has 3 rings (SSSR count). The van der Waals surface area contributed by atoms with Crippen LogP contribution in [0.1, 0.15) is 13.8 Å². The maximum Gasteiger partial charge on any atom is 0.326 e. The second-order valence-corrected chi connectivity index (χ2v) is 8.47. The van der Waals surface area contributed by atoms with Crippen LogP contribution in [0.2, 0.25) is 0 Å². The first-order valence-corrected chi connectivity index (χ1v) is 11.1. The van der Waals surface area contributed by atoms with Gasteiger partial charge in [-0.15, -0.1) is 4.40 Å². The Kier molecular flexibility index (Phi) is 6.33. The molecule has 0 saturated carbocycles. The lowest BCUT2D eigenvalue weighted by Gasteiger charge is -2.06. The Bertz CT molecular complexity index is 1200. The van der Waals surface area contributed by atoms with Crippen LogP contribution >= 0.6 is 11.3 Å². The quantitative estimate of drug-likeness (QED) is 0.529. The third kappa shape index (κ3) is 4.83. The summed E-state index contributed by atoms with van der Waals surface area (Å²) in [5, 5.41) is 0. The van der Waals surface area contributed by atoms with Gasteiger partial charge in [-0.05, 0) is 56.3 Å². The van der Waals surface area contributed by atoms with Gasteiger partial charge in [-0.3, -0.25) is 4.79 Å². The maximum absolute atomic E-state index is 13.1. The minimum absolute atomic E-state index is 0.103. The van der Waals surface area contributed by atoms with Crippen molar-refractivity contribution in [3.63, 3.8) is 0 Å². The first kappa shape index (κ1) is 21.0. The maximum atomic E-state index is 13.1. The Balaban J connectivity index is 2.17. The monoisotopic (exact) mass is 438 g/mol. The predicted molar refractivity (Wildman–Crippen MR) is 107 cm³/mol. The summed E-state index contributed by atoms with van der Waals surface area (Å²) in [5.74, 6) is -0.439. The van der Waals surface area contributed by atoms with Crippen LogP contribution in [0.4, 0.5) is 4.39 Å². The van der Waals surface area contributed by atoms with E-state index in [0.717, 1.165) is 35.6 Å². The number of rotatable bonds is 7. The number of nitrogens with zero attached hydrogens (tertiary/aromatic N) is 2. The average Bonchev–Trinajstić information content (AvgIpc) is 2.98. The van der Waals surface area contributed by atoms with E-state index in [9.17, 15) is 17.6 Å². The Morgan fingerprint density at radius 2 is 1.86 bits per heavy atom. The molecule has 2 aromatic carbocycles. The summed E-state index contributed by atoms with van der Waals surface area (Å²) < 4.78 is 55.1. The van der Waals surface area contributed by atoms with Crippen molar-refractivity contribution in [3.05, 3.63) is 53.1 Å². The van der Waals surface area contributed by atoms with Crippen molar-refractivity contribution in [2.75, 3.05) is 13.2 Å². The van der Waals surface area contributed by atoms with Crippen molar-refractivity contribution in [2.24, 2.45) is 4.40 Å². The Morgan fingerprint density at radius 3 is 2.52 bits per heavy atom. The number of benzene rings is 2. The zero-order valence-electron chi connectivity index (χ0n) is 15.8. The van der Waals surface area contributed by atoms with Gasteiger partial charge in [0, 0.05) is 0 Å². The lowest BCUT2D eigenvalue weighted by molar-refractivity contribution is -0.143. The standard InChI is InChI=1S/C19H19FN2O5S2/c1-3-26-14-7-10-16-17(11-14)28-19(22(16)12-18(23)27-4-2)21-29(24,25)15-8-5-13(20)6-9-15/h5-11H,3-4,12H2,1-2H3/b21-19-. The van der Waals surface area contributed by atoms with Gasteiger partial charge in [-0.25, -0.2) is 4.39 Å². The molecule has 0 radical (unpaired) electrons. The molecule has 0 aliphatic carbocycles. The summed E-state index contributed by atoms with van der Waals surface area (Å²) in [4.78, 5) is 12.0. The third-order valence-electron chi connectivity index (χ3n) is 3.87. The van der Waals surface area contributed by atoms with Crippen LogP contribution in [0.15, 0.2) is 51.8 Å². The lowest BCUT2D eigenvalue weighted by atomic mass is 10.3. The summed E-state index contributed by atoms with van der Waals surface area (Å²) in [6.45, 7) is 4.04. The summed E-state index contributed by atoms with van der Waals surface area (Å²) in [5.41, 5.74) is 0.625. The molecular weight excluding hydrogens is 419 g/mol. The van der Waals surface area contributed by atoms with E-state index in [1.165, 1.54) is 4.57 Å². The van der Waals surface area contributed by atoms with Gasteiger partial charge in [0.2, 0.25) is 4.80 Å². The molecule has 0 atom stereocenters. The van der Waals surface area contributed by atoms with Gasteiger partial charge in [0.15, 0.2) is 0 Å². The highest BCUT2D eigenvalue weighted by atomic mass is 32.2. The van der Waals surface area contributed by atoms with Crippen molar-refractivity contribution < 1.29 is 27.1 Å². The second kappa shape index (κ2) is 8.75. The Labute approximate surface area is 171 Å².